The molecule has 1 aliphatic rings. The van der Waals surface area contributed by atoms with Gasteiger partial charge in [0.25, 0.3) is 0 Å². The summed E-state index contributed by atoms with van der Waals surface area (Å²) in [6.07, 6.45) is 0. The highest BCUT2D eigenvalue weighted by Gasteiger charge is 2.18. The molecule has 1 unspecified atom stereocenters. The second-order valence-corrected chi connectivity index (χ2v) is 5.94. The van der Waals surface area contributed by atoms with Gasteiger partial charge >= 0.3 is 0 Å². The average molecular weight is 295 g/mol. The molecule has 0 saturated heterocycles. The number of fused-ring (bicyclic) bond motifs is 1. The summed E-state index contributed by atoms with van der Waals surface area (Å²) in [5.41, 5.74) is 1.05. The molecule has 0 aliphatic carbocycles. The van der Waals surface area contributed by atoms with Crippen LogP contribution in [0.25, 0.3) is 0 Å². The van der Waals surface area contributed by atoms with E-state index < -0.39 is 0 Å². The van der Waals surface area contributed by atoms with Crippen molar-refractivity contribution in [3.63, 3.8) is 0 Å². The number of hydrogen-bond donors (Lipinski definition) is 2. The summed E-state index contributed by atoms with van der Waals surface area (Å²) in [6, 6.07) is 3.84. The lowest BCUT2D eigenvalue weighted by atomic mass is 10.1. The Morgan fingerprint density at radius 1 is 1.24 bits per heavy atom. The predicted molar refractivity (Wildman–Crippen MR) is 80.9 cm³/mol. The van der Waals surface area contributed by atoms with Gasteiger partial charge in [-0.15, -0.1) is 0 Å². The minimum atomic E-state index is 0.104. The number of ether oxygens (including phenoxy) is 3. The number of nitrogens with one attached hydrogen (secondary N) is 1. The third-order valence-corrected chi connectivity index (χ3v) is 3.26. The molecule has 1 atom stereocenters. The molecule has 2 N–H and O–H groups in total. The first-order chi connectivity index (χ1) is 10.1. The van der Waals surface area contributed by atoms with Crippen molar-refractivity contribution in [3.05, 3.63) is 17.7 Å². The Morgan fingerprint density at radius 2 is 1.95 bits per heavy atom. The minimum Gasteiger partial charge on any atom is -0.493 e. The van der Waals surface area contributed by atoms with E-state index in [0.717, 1.165) is 30.2 Å². The average Bonchev–Trinajstić information content (AvgIpc) is 2.91. The van der Waals surface area contributed by atoms with Crippen LogP contribution >= 0.6 is 0 Å². The molecule has 0 aromatic heterocycles. The first-order valence-electron chi connectivity index (χ1n) is 7.47. The molecule has 0 spiro atoms. The fourth-order valence-electron chi connectivity index (χ4n) is 2.02. The Labute approximate surface area is 126 Å². The number of rotatable bonds is 8. The summed E-state index contributed by atoms with van der Waals surface area (Å²) in [5.74, 6) is 2.97. The van der Waals surface area contributed by atoms with E-state index in [1.54, 1.807) is 0 Å². The molecule has 0 bridgehead atoms. The minimum absolute atomic E-state index is 0.104. The van der Waals surface area contributed by atoms with Crippen LogP contribution in [-0.4, -0.2) is 31.7 Å². The van der Waals surface area contributed by atoms with E-state index in [4.69, 9.17) is 19.3 Å². The van der Waals surface area contributed by atoms with E-state index in [9.17, 15) is 0 Å². The van der Waals surface area contributed by atoms with Gasteiger partial charge in [0.15, 0.2) is 11.5 Å². The lowest BCUT2D eigenvalue weighted by Gasteiger charge is -2.16. The van der Waals surface area contributed by atoms with E-state index in [1.807, 2.05) is 19.1 Å². The molecule has 118 valence electrons. The van der Waals surface area contributed by atoms with Crippen molar-refractivity contribution in [1.82, 2.24) is 5.32 Å². The molecule has 1 aromatic carbocycles. The van der Waals surface area contributed by atoms with E-state index in [1.165, 1.54) is 0 Å². The molecule has 1 aliphatic heterocycles. The molecule has 2 rings (SSSR count). The van der Waals surface area contributed by atoms with Gasteiger partial charge < -0.3 is 24.6 Å². The molecule has 0 fully saturated rings. The van der Waals surface area contributed by atoms with Gasteiger partial charge in [-0.3, -0.25) is 0 Å². The highest BCUT2D eigenvalue weighted by atomic mass is 16.7. The van der Waals surface area contributed by atoms with Gasteiger partial charge in [0.2, 0.25) is 6.79 Å². The molecule has 5 nitrogen and oxygen atoms in total. The highest BCUT2D eigenvalue weighted by molar-refractivity contribution is 5.51. The maximum Gasteiger partial charge on any atom is 0.231 e. The quantitative estimate of drug-likeness (QED) is 0.769. The lowest BCUT2D eigenvalue weighted by Crippen LogP contribution is -2.20. The summed E-state index contributed by atoms with van der Waals surface area (Å²) in [6.45, 7) is 8.81. The Hall–Kier alpha value is -1.46. The zero-order valence-corrected chi connectivity index (χ0v) is 13.0. The highest BCUT2D eigenvalue weighted by Crippen LogP contribution is 2.38. The summed E-state index contributed by atoms with van der Waals surface area (Å²) >= 11 is 0. The normalized spacial score (nSPS) is 14.5. The monoisotopic (exact) mass is 295 g/mol. The number of hydrogen-bond acceptors (Lipinski definition) is 5. The van der Waals surface area contributed by atoms with Gasteiger partial charge in [0, 0.05) is 30.7 Å². The second kappa shape index (κ2) is 7.52. The van der Waals surface area contributed by atoms with Crippen LogP contribution in [0.5, 0.6) is 17.2 Å². The predicted octanol–water partition coefficient (Wildman–Crippen LogP) is 2.17. The zero-order valence-electron chi connectivity index (χ0n) is 13.0. The summed E-state index contributed by atoms with van der Waals surface area (Å²) in [4.78, 5) is 0. The molecular weight excluding hydrogens is 270 g/mol. The molecule has 0 amide bonds. The van der Waals surface area contributed by atoms with Gasteiger partial charge in [-0.1, -0.05) is 20.8 Å². The Kier molecular flexibility index (Phi) is 5.70. The maximum absolute atomic E-state index is 9.10. The van der Waals surface area contributed by atoms with Crippen LogP contribution < -0.4 is 19.5 Å². The van der Waals surface area contributed by atoms with E-state index in [-0.39, 0.29) is 19.3 Å². The molecule has 1 aromatic rings. The number of aliphatic hydroxyl groups excluding tert-OH is 1. The third kappa shape index (κ3) is 4.51. The summed E-state index contributed by atoms with van der Waals surface area (Å²) in [7, 11) is 0. The van der Waals surface area contributed by atoms with Crippen molar-refractivity contribution in [2.45, 2.75) is 27.3 Å². The topological polar surface area (TPSA) is 60.0 Å². The SMILES string of the molecule is CC(C)CNCc1cc2c(cc1OCC(C)CO)OCO2. The fourth-order valence-corrected chi connectivity index (χ4v) is 2.02. The first kappa shape index (κ1) is 15.9. The van der Waals surface area contributed by atoms with Crippen LogP contribution in [0.4, 0.5) is 0 Å². The zero-order chi connectivity index (χ0) is 15.2. The van der Waals surface area contributed by atoms with Crippen LogP contribution in [0.15, 0.2) is 12.1 Å². The third-order valence-electron chi connectivity index (χ3n) is 3.26. The van der Waals surface area contributed by atoms with Gasteiger partial charge in [-0.2, -0.15) is 0 Å². The molecular formula is C16H25NO4. The van der Waals surface area contributed by atoms with Crippen LogP contribution in [0.2, 0.25) is 0 Å². The fraction of sp³-hybridized carbons (Fsp3) is 0.625. The largest absolute Gasteiger partial charge is 0.493 e. The standard InChI is InChI=1S/C16H25NO4/c1-11(2)6-17-7-13-4-15-16(21-10-20-15)5-14(13)19-9-12(3)8-18/h4-5,11-12,17-18H,6-10H2,1-3H3. The smallest absolute Gasteiger partial charge is 0.231 e. The second-order valence-electron chi connectivity index (χ2n) is 5.94. The molecule has 21 heavy (non-hydrogen) atoms. The summed E-state index contributed by atoms with van der Waals surface area (Å²) in [5, 5.41) is 12.5. The van der Waals surface area contributed by atoms with Crippen molar-refractivity contribution in [3.8, 4) is 17.2 Å². The molecule has 5 heteroatoms. The van der Waals surface area contributed by atoms with Crippen molar-refractivity contribution in [2.24, 2.45) is 11.8 Å². The van der Waals surface area contributed by atoms with Crippen LogP contribution in [0, 0.1) is 11.8 Å². The summed E-state index contributed by atoms with van der Waals surface area (Å²) < 4.78 is 16.7. The molecule has 0 radical (unpaired) electrons. The number of benzene rings is 1. The van der Waals surface area contributed by atoms with E-state index >= 15 is 0 Å². The van der Waals surface area contributed by atoms with Crippen molar-refractivity contribution in [2.75, 3.05) is 26.6 Å². The molecule has 1 heterocycles. The Bertz CT molecular complexity index is 462. The van der Waals surface area contributed by atoms with Gasteiger partial charge in [0.05, 0.1) is 6.61 Å². The number of aliphatic hydroxyl groups is 1. The lowest BCUT2D eigenvalue weighted by molar-refractivity contribution is 0.171. The Balaban J connectivity index is 2.07. The van der Waals surface area contributed by atoms with Crippen LogP contribution in [0.1, 0.15) is 26.3 Å². The van der Waals surface area contributed by atoms with Crippen molar-refractivity contribution in [1.29, 1.82) is 0 Å². The van der Waals surface area contributed by atoms with Gasteiger partial charge in [0.1, 0.15) is 5.75 Å². The van der Waals surface area contributed by atoms with Crippen molar-refractivity contribution >= 4 is 0 Å². The van der Waals surface area contributed by atoms with E-state index in [0.29, 0.717) is 18.3 Å². The maximum atomic E-state index is 9.10. The molecule has 0 saturated carbocycles. The first-order valence-corrected chi connectivity index (χ1v) is 7.47. The Morgan fingerprint density at radius 3 is 2.62 bits per heavy atom. The van der Waals surface area contributed by atoms with Gasteiger partial charge in [-0.05, 0) is 18.5 Å². The van der Waals surface area contributed by atoms with Gasteiger partial charge in [-0.25, -0.2) is 0 Å². The van der Waals surface area contributed by atoms with E-state index in [2.05, 4.69) is 19.2 Å². The van der Waals surface area contributed by atoms with Crippen LogP contribution in [-0.2, 0) is 6.54 Å². The van der Waals surface area contributed by atoms with Crippen LogP contribution in [0.3, 0.4) is 0 Å². The van der Waals surface area contributed by atoms with Crippen molar-refractivity contribution < 1.29 is 19.3 Å².